The zero-order chi connectivity index (χ0) is 58.8. The molecule has 1 aromatic heterocycles. The van der Waals surface area contributed by atoms with Crippen molar-refractivity contribution in [2.45, 2.75) is 195 Å². The highest BCUT2D eigenvalue weighted by Gasteiger charge is 2.58. The lowest BCUT2D eigenvalue weighted by Gasteiger charge is -2.53. The number of thiophene rings is 1. The highest BCUT2D eigenvalue weighted by molar-refractivity contribution is 7.99. The third-order valence-electron chi connectivity index (χ3n) is 17.4. The lowest BCUT2D eigenvalue weighted by molar-refractivity contribution is -0.336. The monoisotopic (exact) mass is 1170 g/mol. The zero-order valence-electron chi connectivity index (χ0n) is 49.1. The Hall–Kier alpha value is -3.06. The van der Waals surface area contributed by atoms with Crippen molar-refractivity contribution in [3.63, 3.8) is 0 Å². The largest absolute Gasteiger partial charge is 0.459 e. The van der Waals surface area contributed by atoms with Crippen LogP contribution in [-0.4, -0.2) is 191 Å². The smallest absolute Gasteiger partial charge is 0.311 e. The molecule has 20 heteroatoms. The maximum absolute atomic E-state index is 14.7. The van der Waals surface area contributed by atoms with Crippen molar-refractivity contribution in [1.29, 1.82) is 0 Å². The van der Waals surface area contributed by atoms with Crippen LogP contribution in [0.4, 0.5) is 0 Å². The fourth-order valence-corrected chi connectivity index (χ4v) is 14.9. The summed E-state index contributed by atoms with van der Waals surface area (Å²) in [5.74, 6) is -3.15. The minimum Gasteiger partial charge on any atom is -0.459 e. The summed E-state index contributed by atoms with van der Waals surface area (Å²) in [6.07, 6.45) is -5.06. The Morgan fingerprint density at radius 2 is 1.64 bits per heavy atom. The van der Waals surface area contributed by atoms with Gasteiger partial charge in [-0.2, -0.15) is 0 Å². The van der Waals surface area contributed by atoms with Gasteiger partial charge in [0.1, 0.15) is 35.1 Å². The van der Waals surface area contributed by atoms with Gasteiger partial charge in [-0.15, -0.1) is 11.3 Å². The molecule has 4 aliphatic rings. The number of aliphatic hydroxyl groups excluding tert-OH is 2. The second-order valence-electron chi connectivity index (χ2n) is 23.9. The quantitative estimate of drug-likeness (QED) is 0.0377. The standard InChI is InChI=1S/C60H89ClN4O13S2/c1-15-47-59(10,71)53(68)37(6)65(13)31-33(2)29-57(8,70)54(78-56-50(67)44(64(11)12)26-34(3)74-56)35(4)51(36(5)55(69)76-47)77-49-30-58(9,73-14)60(72,38(7)75-49)32-62-24-25-63-48(66)23-21-40-28-42-41-18-16-17-19-45(41)80-46-22-20-39(61)27-43(46)52(42)79-40/h16-23,27-28,33-38,44,47,49-51,53-54,56,62,67-68,70-72H,15,24-26,29-32H2,1-14H3,(H,63,66)/t33-,34-,35+,36-,37-,38+,44+,47-,49+,50-,51+,53-,54-,56+,57-,58-,59-,60+/m1/s1. The van der Waals surface area contributed by atoms with Gasteiger partial charge in [0.25, 0.3) is 0 Å². The van der Waals surface area contributed by atoms with E-state index in [0.29, 0.717) is 24.5 Å². The number of hydrogen-bond donors (Lipinski definition) is 7. The second kappa shape index (κ2) is 26.5. The summed E-state index contributed by atoms with van der Waals surface area (Å²) < 4.78 is 39.0. The van der Waals surface area contributed by atoms with E-state index in [2.05, 4.69) is 28.8 Å². The van der Waals surface area contributed by atoms with Gasteiger partial charge in [-0.25, -0.2) is 0 Å². The van der Waals surface area contributed by atoms with Gasteiger partial charge in [0.2, 0.25) is 5.91 Å². The summed E-state index contributed by atoms with van der Waals surface area (Å²) in [6.45, 7) is 18.5. The number of benzene rings is 2. The summed E-state index contributed by atoms with van der Waals surface area (Å²) >= 11 is 9.79. The number of hydrogen-bond acceptors (Lipinski definition) is 18. The molecule has 446 valence electrons. The molecule has 0 bridgehead atoms. The Kier molecular flexibility index (Phi) is 21.3. The third-order valence-corrected chi connectivity index (χ3v) is 19.9. The molecule has 0 radical (unpaired) electrons. The van der Waals surface area contributed by atoms with Crippen molar-refractivity contribution in [3.8, 4) is 21.6 Å². The SMILES string of the molecule is CC[C@H]1OC(=O)[C@H](C)[C@@H](O[C@H]2C[C@@](C)(OC)[C@](O)(CNCCNC(=O)C=Cc3cc4c(s3)-c3cc(Cl)ccc3Sc3ccccc3-4)[C@H](C)O2)[C@H](C)[C@@H](O[C@@H]2O[C@H](C)C[C@H](N(C)C)[C@H]2O)[C@](C)(O)C[C@@H](C)CN(C)[C@H](C)[C@@H](O)[C@]1(C)O. The van der Waals surface area contributed by atoms with Crippen molar-refractivity contribution in [1.82, 2.24) is 20.4 Å². The molecule has 0 aliphatic carbocycles. The zero-order valence-corrected chi connectivity index (χ0v) is 51.5. The van der Waals surface area contributed by atoms with E-state index < -0.39 is 95.5 Å². The van der Waals surface area contributed by atoms with E-state index >= 15 is 0 Å². The molecule has 1 amide bonds. The van der Waals surface area contributed by atoms with Crippen molar-refractivity contribution in [3.05, 3.63) is 64.5 Å². The predicted molar refractivity (Wildman–Crippen MR) is 312 cm³/mol. The first-order valence-corrected chi connectivity index (χ1v) is 30.2. The van der Waals surface area contributed by atoms with Crippen LogP contribution >= 0.6 is 34.7 Å². The molecule has 3 fully saturated rings. The van der Waals surface area contributed by atoms with Crippen LogP contribution in [0, 0.1) is 17.8 Å². The number of nitrogens with one attached hydrogen (secondary N) is 2. The van der Waals surface area contributed by atoms with Crippen LogP contribution in [0.1, 0.15) is 99.8 Å². The molecule has 0 unspecified atom stereocenters. The van der Waals surface area contributed by atoms with Crippen LogP contribution in [0.2, 0.25) is 5.02 Å². The number of cyclic esters (lactones) is 1. The Bertz CT molecular complexity index is 2620. The number of amides is 1. The van der Waals surface area contributed by atoms with Crippen molar-refractivity contribution in [2.75, 3.05) is 54.4 Å². The van der Waals surface area contributed by atoms with E-state index in [-0.39, 0.29) is 56.3 Å². The molecule has 17 nitrogen and oxygen atoms in total. The number of methoxy groups -OCH3 is 1. The number of carbonyl (C=O) groups excluding carboxylic acids is 2. The molecule has 5 heterocycles. The highest BCUT2D eigenvalue weighted by Crippen LogP contribution is 2.52. The van der Waals surface area contributed by atoms with Gasteiger partial charge in [-0.05, 0) is 137 Å². The predicted octanol–water partition coefficient (Wildman–Crippen LogP) is 7.20. The number of ether oxygens (including phenoxy) is 6. The molecule has 2 aromatic carbocycles. The van der Waals surface area contributed by atoms with Crippen molar-refractivity contribution < 1.29 is 63.5 Å². The fourth-order valence-electron chi connectivity index (χ4n) is 12.5. The number of halogens is 1. The Morgan fingerprint density at radius 3 is 2.33 bits per heavy atom. The van der Waals surface area contributed by atoms with E-state index in [1.54, 1.807) is 64.6 Å². The molecule has 0 spiro atoms. The molecule has 7 N–H and O–H groups in total. The average molecular weight is 1170 g/mol. The van der Waals surface area contributed by atoms with E-state index in [9.17, 15) is 35.1 Å². The minimum atomic E-state index is -1.86. The minimum absolute atomic E-state index is 0.0104. The van der Waals surface area contributed by atoms with Gasteiger partial charge in [0, 0.05) is 99.5 Å². The van der Waals surface area contributed by atoms with Crippen LogP contribution in [-0.2, 0) is 38.0 Å². The summed E-state index contributed by atoms with van der Waals surface area (Å²) in [5, 5.41) is 67.7. The summed E-state index contributed by atoms with van der Waals surface area (Å²) in [4.78, 5) is 35.9. The molecule has 80 heavy (non-hydrogen) atoms. The lowest BCUT2D eigenvalue weighted by atomic mass is 9.75. The first kappa shape index (κ1) is 64.5. The topological polar surface area (TPSA) is 221 Å². The van der Waals surface area contributed by atoms with Crippen LogP contribution < -0.4 is 10.6 Å². The highest BCUT2D eigenvalue weighted by atomic mass is 35.5. The molecule has 0 saturated carbocycles. The number of fused-ring (bicyclic) bond motifs is 5. The van der Waals surface area contributed by atoms with Gasteiger partial charge in [-0.1, -0.05) is 62.3 Å². The van der Waals surface area contributed by atoms with Gasteiger partial charge in [0.15, 0.2) is 12.6 Å². The van der Waals surface area contributed by atoms with E-state index in [1.165, 1.54) is 20.1 Å². The van der Waals surface area contributed by atoms with Crippen LogP contribution in [0.3, 0.4) is 0 Å². The van der Waals surface area contributed by atoms with Gasteiger partial charge in [-0.3, -0.25) is 9.59 Å². The fraction of sp³-hybridized carbons (Fsp3) is 0.667. The number of nitrogens with zero attached hydrogens (tertiary/aromatic N) is 2. The first-order chi connectivity index (χ1) is 37.5. The van der Waals surface area contributed by atoms with E-state index in [1.807, 2.05) is 88.1 Å². The van der Waals surface area contributed by atoms with Crippen LogP contribution in [0.15, 0.2) is 64.4 Å². The van der Waals surface area contributed by atoms with Gasteiger partial charge in [0.05, 0.1) is 35.9 Å². The summed E-state index contributed by atoms with van der Waals surface area (Å²) in [5.41, 5.74) is -3.16. The average Bonchev–Trinajstić information content (AvgIpc) is 3.78. The Morgan fingerprint density at radius 1 is 0.938 bits per heavy atom. The Labute approximate surface area is 487 Å². The number of esters is 1. The number of likely N-dealkylation sites (N-methyl/N-ethyl adjacent to an activating group) is 2. The molecule has 4 aliphatic heterocycles. The van der Waals surface area contributed by atoms with E-state index in [4.69, 9.17) is 40.0 Å². The molecular weight excluding hydrogens is 1080 g/mol. The molecule has 7 rings (SSSR count). The normalized spacial score (nSPS) is 37.7. The lowest BCUT2D eigenvalue weighted by Crippen LogP contribution is -2.70. The number of aliphatic hydroxyl groups is 5. The number of rotatable bonds is 14. The Balaban J connectivity index is 1.08. The maximum Gasteiger partial charge on any atom is 0.311 e. The molecule has 3 saturated heterocycles. The number of carbonyl (C=O) groups is 2. The van der Waals surface area contributed by atoms with Crippen molar-refractivity contribution >= 4 is 52.7 Å². The van der Waals surface area contributed by atoms with Gasteiger partial charge < -0.3 is 74.4 Å². The third kappa shape index (κ3) is 14.0. The first-order valence-electron chi connectivity index (χ1n) is 28.2. The van der Waals surface area contributed by atoms with E-state index in [0.717, 1.165) is 36.2 Å². The molecule has 18 atom stereocenters. The summed E-state index contributed by atoms with van der Waals surface area (Å²) in [6, 6.07) is 15.4. The van der Waals surface area contributed by atoms with Crippen LogP contribution in [0.5, 0.6) is 0 Å². The van der Waals surface area contributed by atoms with Crippen molar-refractivity contribution in [2.24, 2.45) is 17.8 Å². The molecular formula is C60H89ClN4O13S2. The van der Waals surface area contributed by atoms with Crippen LogP contribution in [0.25, 0.3) is 27.6 Å². The van der Waals surface area contributed by atoms with Gasteiger partial charge >= 0.3 is 5.97 Å². The molecule has 3 aromatic rings. The maximum atomic E-state index is 14.7. The summed E-state index contributed by atoms with van der Waals surface area (Å²) in [7, 11) is 7.09. The second-order valence-corrected chi connectivity index (χ2v) is 26.5.